The maximum absolute atomic E-state index is 12.6. The molecule has 0 aliphatic carbocycles. The van der Waals surface area contributed by atoms with E-state index in [-0.39, 0.29) is 28.0 Å². The largest absolute Gasteiger partial charge is 0.493 e. The fourth-order valence-electron chi connectivity index (χ4n) is 2.61. The second kappa shape index (κ2) is 9.38. The molecule has 1 N–H and O–H groups in total. The van der Waals surface area contributed by atoms with E-state index >= 15 is 0 Å². The maximum Gasteiger partial charge on any atom is 0.343 e. The van der Waals surface area contributed by atoms with E-state index in [4.69, 9.17) is 42.8 Å². The molecule has 1 aliphatic rings. The van der Waals surface area contributed by atoms with Crippen LogP contribution in [0.2, 0.25) is 5.02 Å². The number of halogens is 1. The Kier molecular flexibility index (Phi) is 6.86. The van der Waals surface area contributed by atoms with Crippen molar-refractivity contribution in [2.75, 3.05) is 21.3 Å². The third-order valence-electron chi connectivity index (χ3n) is 4.01. The van der Waals surface area contributed by atoms with Crippen molar-refractivity contribution < 1.29 is 28.5 Å². The summed E-state index contributed by atoms with van der Waals surface area (Å²) in [6, 6.07) is 7.80. The Balaban J connectivity index is 1.89. The zero-order valence-corrected chi connectivity index (χ0v) is 18.5. The van der Waals surface area contributed by atoms with Crippen LogP contribution in [0.3, 0.4) is 0 Å². The highest BCUT2D eigenvalue weighted by Crippen LogP contribution is 2.39. The van der Waals surface area contributed by atoms with E-state index in [0.717, 1.165) is 11.8 Å². The number of carbonyl (C=O) groups excluding carboxylic acids is 2. The van der Waals surface area contributed by atoms with E-state index in [1.807, 2.05) is 0 Å². The van der Waals surface area contributed by atoms with Gasteiger partial charge in [0.1, 0.15) is 4.32 Å². The summed E-state index contributed by atoms with van der Waals surface area (Å²) in [6.45, 7) is 0. The number of hydrogen-bond acceptors (Lipinski definition) is 8. The first-order chi connectivity index (χ1) is 14.4. The number of carbonyl (C=O) groups is 2. The number of amides is 1. The predicted octanol–water partition coefficient (Wildman–Crippen LogP) is 4.07. The van der Waals surface area contributed by atoms with Gasteiger partial charge in [-0.1, -0.05) is 35.6 Å². The average molecular weight is 466 g/mol. The van der Waals surface area contributed by atoms with Gasteiger partial charge in [0, 0.05) is 0 Å². The van der Waals surface area contributed by atoms with Gasteiger partial charge in [-0.3, -0.25) is 4.79 Å². The minimum Gasteiger partial charge on any atom is -0.493 e. The summed E-state index contributed by atoms with van der Waals surface area (Å²) >= 11 is 12.5. The molecule has 0 bridgehead atoms. The van der Waals surface area contributed by atoms with Crippen molar-refractivity contribution in [1.82, 2.24) is 5.32 Å². The zero-order valence-electron chi connectivity index (χ0n) is 16.1. The van der Waals surface area contributed by atoms with Crippen molar-refractivity contribution in [2.45, 2.75) is 0 Å². The summed E-state index contributed by atoms with van der Waals surface area (Å²) in [4.78, 5) is 24.9. The summed E-state index contributed by atoms with van der Waals surface area (Å²) in [6.07, 6.45) is 1.62. The molecule has 1 amide bonds. The molecule has 3 rings (SSSR count). The van der Waals surface area contributed by atoms with Gasteiger partial charge in [0.25, 0.3) is 5.91 Å². The summed E-state index contributed by atoms with van der Waals surface area (Å²) in [7, 11) is 4.39. The third-order valence-corrected chi connectivity index (χ3v) is 5.45. The number of benzene rings is 2. The van der Waals surface area contributed by atoms with Crippen LogP contribution in [0.4, 0.5) is 0 Å². The SMILES string of the molecule is COc1ccc(C(=O)Oc2c(Cl)cc(C=C3SC(=S)NC3=O)cc2OC)cc1OC. The maximum atomic E-state index is 12.6. The number of ether oxygens (including phenoxy) is 4. The normalized spacial score (nSPS) is 14.5. The molecule has 0 radical (unpaired) electrons. The van der Waals surface area contributed by atoms with Gasteiger partial charge in [0.15, 0.2) is 23.0 Å². The molecule has 2 aromatic rings. The molecular formula is C20H16ClNO6S2. The van der Waals surface area contributed by atoms with Gasteiger partial charge >= 0.3 is 5.97 Å². The van der Waals surface area contributed by atoms with E-state index in [2.05, 4.69) is 5.32 Å². The van der Waals surface area contributed by atoms with Crippen molar-refractivity contribution in [3.05, 3.63) is 51.4 Å². The van der Waals surface area contributed by atoms with Crippen LogP contribution in [0.1, 0.15) is 15.9 Å². The Bertz CT molecular complexity index is 1070. The quantitative estimate of drug-likeness (QED) is 0.296. The lowest BCUT2D eigenvalue weighted by Crippen LogP contribution is -2.17. The highest BCUT2D eigenvalue weighted by atomic mass is 35.5. The fraction of sp³-hybridized carbons (Fsp3) is 0.150. The van der Waals surface area contributed by atoms with Gasteiger partial charge in [-0.2, -0.15) is 0 Å². The monoisotopic (exact) mass is 465 g/mol. The van der Waals surface area contributed by atoms with Crippen molar-refractivity contribution in [3.8, 4) is 23.0 Å². The smallest absolute Gasteiger partial charge is 0.343 e. The van der Waals surface area contributed by atoms with Crippen molar-refractivity contribution in [3.63, 3.8) is 0 Å². The minimum atomic E-state index is -0.654. The first-order valence-corrected chi connectivity index (χ1v) is 10.0. The van der Waals surface area contributed by atoms with Gasteiger partial charge < -0.3 is 24.3 Å². The third kappa shape index (κ3) is 4.69. The lowest BCUT2D eigenvalue weighted by molar-refractivity contribution is -0.115. The molecule has 1 saturated heterocycles. The lowest BCUT2D eigenvalue weighted by atomic mass is 10.1. The molecular weight excluding hydrogens is 450 g/mol. The summed E-state index contributed by atoms with van der Waals surface area (Å²) in [5.41, 5.74) is 0.828. The second-order valence-electron chi connectivity index (χ2n) is 5.85. The second-order valence-corrected chi connectivity index (χ2v) is 7.97. The standard InChI is InChI=1S/C20H16ClNO6S2/c1-25-13-5-4-11(9-14(13)26-2)19(24)28-17-12(21)6-10(7-15(17)27-3)8-16-18(23)22-20(29)30-16/h4-9H,1-3H3,(H,22,23,29). The fourth-order valence-corrected chi connectivity index (χ4v) is 3.91. The van der Waals surface area contributed by atoms with Crippen LogP contribution in [0.25, 0.3) is 6.08 Å². The number of esters is 1. The van der Waals surface area contributed by atoms with E-state index in [1.54, 1.807) is 30.3 Å². The number of thioether (sulfide) groups is 1. The molecule has 7 nitrogen and oxygen atoms in total. The predicted molar refractivity (Wildman–Crippen MR) is 119 cm³/mol. The van der Waals surface area contributed by atoms with Crippen LogP contribution in [0, 0.1) is 0 Å². The summed E-state index contributed by atoms with van der Waals surface area (Å²) in [5.74, 6) is 0.212. The molecule has 1 fully saturated rings. The van der Waals surface area contributed by atoms with Crippen molar-refractivity contribution in [1.29, 1.82) is 0 Å². The number of hydrogen-bond donors (Lipinski definition) is 1. The first kappa shape index (κ1) is 21.9. The molecule has 0 aromatic heterocycles. The highest BCUT2D eigenvalue weighted by molar-refractivity contribution is 8.26. The van der Waals surface area contributed by atoms with E-state index in [0.29, 0.717) is 26.3 Å². The van der Waals surface area contributed by atoms with Gasteiger partial charge in [-0.25, -0.2) is 4.79 Å². The molecule has 0 saturated carbocycles. The Hall–Kier alpha value is -2.75. The van der Waals surface area contributed by atoms with Gasteiger partial charge in [-0.05, 0) is 42.0 Å². The van der Waals surface area contributed by atoms with Crippen LogP contribution < -0.4 is 24.3 Å². The average Bonchev–Trinajstić information content (AvgIpc) is 3.05. The van der Waals surface area contributed by atoms with Gasteiger partial charge in [0.05, 0.1) is 36.8 Å². The molecule has 1 heterocycles. The topological polar surface area (TPSA) is 83.1 Å². The molecule has 30 heavy (non-hydrogen) atoms. The number of rotatable bonds is 6. The van der Waals surface area contributed by atoms with Crippen molar-refractivity contribution >= 4 is 57.9 Å². The molecule has 0 atom stereocenters. The van der Waals surface area contributed by atoms with Crippen LogP contribution in [0.5, 0.6) is 23.0 Å². The lowest BCUT2D eigenvalue weighted by Gasteiger charge is -2.13. The number of nitrogens with one attached hydrogen (secondary N) is 1. The van der Waals surface area contributed by atoms with E-state index in [1.165, 1.54) is 27.4 Å². The van der Waals surface area contributed by atoms with Crippen LogP contribution in [0.15, 0.2) is 35.2 Å². The van der Waals surface area contributed by atoms with E-state index < -0.39 is 5.97 Å². The minimum absolute atomic E-state index is 0.0557. The first-order valence-electron chi connectivity index (χ1n) is 8.43. The Morgan fingerprint density at radius 2 is 1.77 bits per heavy atom. The number of methoxy groups -OCH3 is 3. The molecule has 156 valence electrons. The number of thiocarbonyl (C=S) groups is 1. The van der Waals surface area contributed by atoms with Crippen LogP contribution >= 0.6 is 35.6 Å². The Morgan fingerprint density at radius 1 is 1.07 bits per heavy atom. The summed E-state index contributed by atoms with van der Waals surface area (Å²) in [5, 5.41) is 2.68. The highest BCUT2D eigenvalue weighted by Gasteiger charge is 2.23. The molecule has 0 spiro atoms. The molecule has 10 heteroatoms. The molecule has 0 unspecified atom stereocenters. The molecule has 2 aromatic carbocycles. The Morgan fingerprint density at radius 3 is 2.37 bits per heavy atom. The molecule has 1 aliphatic heterocycles. The van der Waals surface area contributed by atoms with Crippen LogP contribution in [-0.2, 0) is 4.79 Å². The van der Waals surface area contributed by atoms with Gasteiger partial charge in [-0.15, -0.1) is 0 Å². The van der Waals surface area contributed by atoms with Crippen molar-refractivity contribution in [2.24, 2.45) is 0 Å². The summed E-state index contributed by atoms with van der Waals surface area (Å²) < 4.78 is 21.6. The van der Waals surface area contributed by atoms with E-state index in [9.17, 15) is 9.59 Å². The Labute approximate surface area is 187 Å². The van der Waals surface area contributed by atoms with Crippen LogP contribution in [-0.4, -0.2) is 37.5 Å². The van der Waals surface area contributed by atoms with Gasteiger partial charge in [0.2, 0.25) is 0 Å². The zero-order chi connectivity index (χ0) is 21.8.